The number of rotatable bonds is 2. The second kappa shape index (κ2) is 7.31. The summed E-state index contributed by atoms with van der Waals surface area (Å²) in [5.41, 5.74) is 5.72. The van der Waals surface area contributed by atoms with Crippen LogP contribution in [0.5, 0.6) is 0 Å². The molecule has 1 saturated heterocycles. The van der Waals surface area contributed by atoms with Crippen molar-refractivity contribution in [3.8, 4) is 11.3 Å². The summed E-state index contributed by atoms with van der Waals surface area (Å²) < 4.78 is 0. The van der Waals surface area contributed by atoms with E-state index in [0.717, 1.165) is 48.8 Å². The number of nitrogens with one attached hydrogen (secondary N) is 1. The number of aromatic nitrogens is 3. The second-order valence-electron chi connectivity index (χ2n) is 7.77. The van der Waals surface area contributed by atoms with Crippen LogP contribution in [0, 0.1) is 6.92 Å². The number of nitrogens with zero attached hydrogens (tertiary/aromatic N) is 4. The van der Waals surface area contributed by atoms with Crippen molar-refractivity contribution in [2.24, 2.45) is 0 Å². The lowest BCUT2D eigenvalue weighted by atomic mass is 9.97. The molecule has 0 radical (unpaired) electrons. The molecule has 2 aromatic heterocycles. The van der Waals surface area contributed by atoms with Gasteiger partial charge in [-0.15, -0.1) is 0 Å². The summed E-state index contributed by atoms with van der Waals surface area (Å²) in [5.74, 6) is 0.904. The maximum atomic E-state index is 5.10. The fourth-order valence-corrected chi connectivity index (χ4v) is 4.31. The molecule has 2 aliphatic heterocycles. The van der Waals surface area contributed by atoms with Gasteiger partial charge in [0.15, 0.2) is 0 Å². The fourth-order valence-electron chi connectivity index (χ4n) is 4.31. The molecule has 1 fully saturated rings. The highest BCUT2D eigenvalue weighted by Gasteiger charge is 2.29. The molecule has 4 rings (SSSR count). The van der Waals surface area contributed by atoms with Crippen molar-refractivity contribution in [2.75, 3.05) is 18.0 Å². The summed E-state index contributed by atoms with van der Waals surface area (Å²) in [5, 5.41) is 3.50. The summed E-state index contributed by atoms with van der Waals surface area (Å²) >= 11 is 0. The Labute approximate surface area is 156 Å². The van der Waals surface area contributed by atoms with Crippen LogP contribution in [-0.4, -0.2) is 40.1 Å². The molecule has 0 aromatic carbocycles. The Kier molecular flexibility index (Phi) is 4.90. The first-order valence-electron chi connectivity index (χ1n) is 9.95. The number of anilines is 1. The van der Waals surface area contributed by atoms with Crippen LogP contribution in [-0.2, 0) is 12.8 Å². The van der Waals surface area contributed by atoms with Gasteiger partial charge in [-0.3, -0.25) is 4.98 Å². The minimum Gasteiger partial charge on any atom is -0.335 e. The zero-order chi connectivity index (χ0) is 18.1. The van der Waals surface area contributed by atoms with E-state index in [0.29, 0.717) is 12.1 Å². The van der Waals surface area contributed by atoms with Gasteiger partial charge in [-0.25, -0.2) is 9.97 Å². The third kappa shape index (κ3) is 3.32. The molecule has 0 spiro atoms. The molecule has 0 saturated carbocycles. The topological polar surface area (TPSA) is 53.9 Å². The van der Waals surface area contributed by atoms with Crippen molar-refractivity contribution < 1.29 is 0 Å². The largest absolute Gasteiger partial charge is 0.335 e. The Morgan fingerprint density at radius 2 is 1.81 bits per heavy atom. The Hall–Kier alpha value is -2.01. The van der Waals surface area contributed by atoms with Crippen molar-refractivity contribution in [1.82, 2.24) is 20.3 Å². The van der Waals surface area contributed by atoms with E-state index < -0.39 is 0 Å². The molecule has 5 nitrogen and oxygen atoms in total. The summed E-state index contributed by atoms with van der Waals surface area (Å²) in [4.78, 5) is 17.1. The Bertz CT molecular complexity index is 761. The monoisotopic (exact) mass is 351 g/mol. The van der Waals surface area contributed by atoms with Crippen molar-refractivity contribution in [3.63, 3.8) is 0 Å². The number of aryl methyl sites for hydroxylation is 1. The van der Waals surface area contributed by atoms with E-state index in [4.69, 9.17) is 9.97 Å². The molecular formula is C21H29N5. The molecule has 0 aliphatic carbocycles. The first-order valence-corrected chi connectivity index (χ1v) is 9.95. The molecule has 2 aliphatic rings. The number of hydrogen-bond acceptors (Lipinski definition) is 5. The van der Waals surface area contributed by atoms with E-state index in [2.05, 4.69) is 41.2 Å². The number of hydrogen-bond donors (Lipinski definition) is 1. The number of fused-ring (bicyclic) bond motifs is 1. The van der Waals surface area contributed by atoms with Crippen LogP contribution in [0.1, 0.15) is 50.1 Å². The van der Waals surface area contributed by atoms with E-state index in [1.165, 1.54) is 30.5 Å². The summed E-state index contributed by atoms with van der Waals surface area (Å²) in [6, 6.07) is 5.20. The zero-order valence-electron chi connectivity index (χ0n) is 16.1. The van der Waals surface area contributed by atoms with Gasteiger partial charge in [-0.05, 0) is 65.1 Å². The molecule has 2 aromatic rings. The van der Waals surface area contributed by atoms with Gasteiger partial charge in [0.1, 0.15) is 0 Å². The summed E-state index contributed by atoms with van der Waals surface area (Å²) in [6.07, 6.45) is 7.63. The lowest BCUT2D eigenvalue weighted by Crippen LogP contribution is -2.45. The summed E-state index contributed by atoms with van der Waals surface area (Å²) in [6.45, 7) is 8.61. The van der Waals surface area contributed by atoms with Gasteiger partial charge in [0, 0.05) is 48.1 Å². The molecule has 4 heterocycles. The van der Waals surface area contributed by atoms with Gasteiger partial charge in [0.05, 0.1) is 11.4 Å². The molecule has 2 atom stereocenters. The third-order valence-corrected chi connectivity index (χ3v) is 5.78. The fraction of sp³-hybridized carbons (Fsp3) is 0.571. The van der Waals surface area contributed by atoms with Crippen LogP contribution >= 0.6 is 0 Å². The molecule has 5 heteroatoms. The smallest absolute Gasteiger partial charge is 0.226 e. The highest BCUT2D eigenvalue weighted by atomic mass is 15.3. The molecule has 0 amide bonds. The predicted molar refractivity (Wildman–Crippen MR) is 106 cm³/mol. The minimum atomic E-state index is 0.490. The van der Waals surface area contributed by atoms with Gasteiger partial charge in [0.25, 0.3) is 0 Å². The van der Waals surface area contributed by atoms with Crippen molar-refractivity contribution >= 4 is 5.95 Å². The van der Waals surface area contributed by atoms with E-state index in [9.17, 15) is 0 Å². The highest BCUT2D eigenvalue weighted by Crippen LogP contribution is 2.32. The second-order valence-corrected chi connectivity index (χ2v) is 7.77. The standard InChI is InChI=1S/C21H29N5/c1-14-7-8-17(13-23-14)20-18-9-11-22-12-10-19(18)24-21(25-20)26-15(2)5-4-6-16(26)3/h7-8,13,15-16,22H,4-6,9-12H2,1-3H3. The van der Waals surface area contributed by atoms with Crippen LogP contribution in [0.15, 0.2) is 18.3 Å². The van der Waals surface area contributed by atoms with E-state index in [1.54, 1.807) is 0 Å². The maximum absolute atomic E-state index is 5.10. The molecule has 1 N–H and O–H groups in total. The van der Waals surface area contributed by atoms with Gasteiger partial charge in [-0.1, -0.05) is 0 Å². The average Bonchev–Trinajstić information content (AvgIpc) is 2.87. The van der Waals surface area contributed by atoms with Gasteiger partial charge in [0.2, 0.25) is 5.95 Å². The van der Waals surface area contributed by atoms with Crippen LogP contribution < -0.4 is 10.2 Å². The van der Waals surface area contributed by atoms with Gasteiger partial charge < -0.3 is 10.2 Å². The lowest BCUT2D eigenvalue weighted by Gasteiger charge is -2.39. The number of pyridine rings is 1. The highest BCUT2D eigenvalue weighted by molar-refractivity contribution is 5.65. The third-order valence-electron chi connectivity index (χ3n) is 5.78. The number of piperidine rings is 1. The quantitative estimate of drug-likeness (QED) is 0.900. The van der Waals surface area contributed by atoms with Crippen molar-refractivity contribution in [2.45, 2.75) is 65.0 Å². The average molecular weight is 351 g/mol. The first-order chi connectivity index (χ1) is 12.6. The zero-order valence-corrected chi connectivity index (χ0v) is 16.1. The minimum absolute atomic E-state index is 0.490. The normalized spacial score (nSPS) is 23.4. The molecule has 0 bridgehead atoms. The van der Waals surface area contributed by atoms with Crippen LogP contribution in [0.25, 0.3) is 11.3 Å². The first kappa shape index (κ1) is 17.4. The Balaban J connectivity index is 1.84. The SMILES string of the molecule is Cc1ccc(-c2nc(N3C(C)CCCC3C)nc3c2CCNCC3)cn1. The van der Waals surface area contributed by atoms with Crippen LogP contribution in [0.4, 0.5) is 5.95 Å². The molecule has 26 heavy (non-hydrogen) atoms. The van der Waals surface area contributed by atoms with E-state index in [-0.39, 0.29) is 0 Å². The van der Waals surface area contributed by atoms with Gasteiger partial charge >= 0.3 is 0 Å². The molecular weight excluding hydrogens is 322 g/mol. The lowest BCUT2D eigenvalue weighted by molar-refractivity contribution is 0.407. The van der Waals surface area contributed by atoms with E-state index in [1.807, 2.05) is 13.1 Å². The maximum Gasteiger partial charge on any atom is 0.226 e. The Morgan fingerprint density at radius 3 is 2.54 bits per heavy atom. The predicted octanol–water partition coefficient (Wildman–Crippen LogP) is 3.30. The summed E-state index contributed by atoms with van der Waals surface area (Å²) in [7, 11) is 0. The van der Waals surface area contributed by atoms with Crippen molar-refractivity contribution in [3.05, 3.63) is 35.3 Å². The van der Waals surface area contributed by atoms with E-state index >= 15 is 0 Å². The van der Waals surface area contributed by atoms with Crippen LogP contribution in [0.3, 0.4) is 0 Å². The Morgan fingerprint density at radius 1 is 1.04 bits per heavy atom. The van der Waals surface area contributed by atoms with Crippen molar-refractivity contribution in [1.29, 1.82) is 0 Å². The molecule has 2 unspecified atom stereocenters. The molecule has 138 valence electrons. The van der Waals surface area contributed by atoms with Gasteiger partial charge in [-0.2, -0.15) is 0 Å². The van der Waals surface area contributed by atoms with Crippen LogP contribution in [0.2, 0.25) is 0 Å².